The lowest BCUT2D eigenvalue weighted by atomic mass is 9.72. The number of rotatable bonds is 5. The van der Waals surface area contributed by atoms with Gasteiger partial charge in [0.15, 0.2) is 0 Å². The first kappa shape index (κ1) is 22.8. The molecule has 162 valence electrons. The summed E-state index contributed by atoms with van der Waals surface area (Å²) >= 11 is 7.52. The third-order valence-corrected chi connectivity index (χ3v) is 7.51. The van der Waals surface area contributed by atoms with Gasteiger partial charge in [0.05, 0.1) is 5.56 Å². The number of carbonyl (C=O) groups excluding carboxylic acids is 2. The smallest absolute Gasteiger partial charge is 0.257 e. The molecule has 0 radical (unpaired) electrons. The fraction of sp³-hybridized carbons (Fsp3) is 0.500. The van der Waals surface area contributed by atoms with Crippen LogP contribution >= 0.6 is 22.9 Å². The van der Waals surface area contributed by atoms with Crippen LogP contribution < -0.4 is 5.32 Å². The lowest BCUT2D eigenvalue weighted by Crippen LogP contribution is -2.32. The number of amides is 2. The molecule has 1 atom stereocenters. The van der Waals surface area contributed by atoms with E-state index in [-0.39, 0.29) is 17.2 Å². The summed E-state index contributed by atoms with van der Waals surface area (Å²) in [6, 6.07) is 6.80. The molecule has 1 aromatic heterocycles. The molecule has 30 heavy (non-hydrogen) atoms. The van der Waals surface area contributed by atoms with Gasteiger partial charge in [-0.25, -0.2) is 0 Å². The van der Waals surface area contributed by atoms with Crippen LogP contribution in [-0.4, -0.2) is 29.8 Å². The summed E-state index contributed by atoms with van der Waals surface area (Å²) in [5, 5.41) is 4.29. The standard InChI is InChI=1S/C24H31ClN2O2S/c1-6-27(7-2)23(29)20-18-13-10-16(24(3,4)5)14-19(18)30-22(20)26-21(28)15-8-11-17(25)12-9-15/h8-9,11-12,16H,6-7,10,13-14H2,1-5H3,(H,26,28)/t16-/m1/s1. The highest BCUT2D eigenvalue weighted by Gasteiger charge is 2.34. The molecule has 1 aromatic carbocycles. The van der Waals surface area contributed by atoms with E-state index in [0.29, 0.717) is 40.2 Å². The Hall–Kier alpha value is -1.85. The molecule has 0 unspecified atom stereocenters. The Kier molecular flexibility index (Phi) is 6.93. The topological polar surface area (TPSA) is 49.4 Å². The van der Waals surface area contributed by atoms with Gasteiger partial charge in [-0.1, -0.05) is 32.4 Å². The second kappa shape index (κ2) is 9.11. The second-order valence-corrected chi connectivity index (χ2v) is 10.5. The number of halogens is 1. The largest absolute Gasteiger partial charge is 0.339 e. The van der Waals surface area contributed by atoms with Gasteiger partial charge in [-0.2, -0.15) is 0 Å². The molecule has 0 fully saturated rings. The van der Waals surface area contributed by atoms with Crippen LogP contribution in [0.1, 0.15) is 72.2 Å². The molecule has 2 amide bonds. The zero-order valence-electron chi connectivity index (χ0n) is 18.5. The van der Waals surface area contributed by atoms with Crippen molar-refractivity contribution in [1.29, 1.82) is 0 Å². The minimum Gasteiger partial charge on any atom is -0.339 e. The highest BCUT2D eigenvalue weighted by Crippen LogP contribution is 2.44. The summed E-state index contributed by atoms with van der Waals surface area (Å²) < 4.78 is 0. The first-order valence-electron chi connectivity index (χ1n) is 10.7. The Labute approximate surface area is 188 Å². The lowest BCUT2D eigenvalue weighted by Gasteiger charge is -2.34. The number of hydrogen-bond acceptors (Lipinski definition) is 3. The van der Waals surface area contributed by atoms with Gasteiger partial charge in [0.1, 0.15) is 5.00 Å². The zero-order valence-corrected chi connectivity index (χ0v) is 20.0. The Morgan fingerprint density at radius 3 is 2.37 bits per heavy atom. The van der Waals surface area contributed by atoms with E-state index >= 15 is 0 Å². The minimum atomic E-state index is -0.216. The predicted octanol–water partition coefficient (Wildman–Crippen LogP) is 6.29. The predicted molar refractivity (Wildman–Crippen MR) is 126 cm³/mol. The van der Waals surface area contributed by atoms with Crippen molar-refractivity contribution >= 4 is 39.8 Å². The summed E-state index contributed by atoms with van der Waals surface area (Å²) in [6.07, 6.45) is 2.90. The van der Waals surface area contributed by atoms with E-state index < -0.39 is 0 Å². The molecule has 0 saturated carbocycles. The van der Waals surface area contributed by atoms with Crippen LogP contribution in [0.5, 0.6) is 0 Å². The van der Waals surface area contributed by atoms with Crippen molar-refractivity contribution in [2.24, 2.45) is 11.3 Å². The van der Waals surface area contributed by atoms with Crippen molar-refractivity contribution in [3.05, 3.63) is 50.9 Å². The molecule has 0 bridgehead atoms. The molecular formula is C24H31ClN2O2S. The van der Waals surface area contributed by atoms with Crippen LogP contribution in [0.4, 0.5) is 5.00 Å². The molecule has 4 nitrogen and oxygen atoms in total. The normalized spacial score (nSPS) is 16.1. The van der Waals surface area contributed by atoms with Crippen molar-refractivity contribution < 1.29 is 9.59 Å². The van der Waals surface area contributed by atoms with E-state index in [9.17, 15) is 9.59 Å². The van der Waals surface area contributed by atoms with Gasteiger partial charge in [-0.3, -0.25) is 9.59 Å². The Balaban J connectivity index is 1.99. The maximum Gasteiger partial charge on any atom is 0.257 e. The molecule has 3 rings (SSSR count). The van der Waals surface area contributed by atoms with Crippen molar-refractivity contribution in [2.75, 3.05) is 18.4 Å². The van der Waals surface area contributed by atoms with Crippen LogP contribution in [0, 0.1) is 11.3 Å². The van der Waals surface area contributed by atoms with E-state index in [2.05, 4.69) is 26.1 Å². The lowest BCUT2D eigenvalue weighted by molar-refractivity contribution is 0.0772. The number of anilines is 1. The molecule has 1 aliphatic carbocycles. The van der Waals surface area contributed by atoms with E-state index in [1.807, 2.05) is 18.7 Å². The fourth-order valence-corrected chi connectivity index (χ4v) is 5.53. The maximum atomic E-state index is 13.4. The van der Waals surface area contributed by atoms with Crippen molar-refractivity contribution in [2.45, 2.75) is 53.9 Å². The fourth-order valence-electron chi connectivity index (χ4n) is 4.08. The van der Waals surface area contributed by atoms with Gasteiger partial charge in [-0.15, -0.1) is 11.3 Å². The average Bonchev–Trinajstić information content (AvgIpc) is 3.05. The average molecular weight is 447 g/mol. The SMILES string of the molecule is CCN(CC)C(=O)c1c(NC(=O)c2ccc(Cl)cc2)sc2c1CC[C@@H](C(C)(C)C)C2. The molecule has 2 aromatic rings. The first-order chi connectivity index (χ1) is 14.2. The van der Waals surface area contributed by atoms with Gasteiger partial charge in [0.25, 0.3) is 11.8 Å². The van der Waals surface area contributed by atoms with Gasteiger partial charge in [0.2, 0.25) is 0 Å². The summed E-state index contributed by atoms with van der Waals surface area (Å²) in [7, 11) is 0. The second-order valence-electron chi connectivity index (χ2n) is 8.95. The third-order valence-electron chi connectivity index (χ3n) is 6.09. The molecule has 1 heterocycles. The van der Waals surface area contributed by atoms with Crippen molar-refractivity contribution in [3.8, 4) is 0 Å². The molecule has 6 heteroatoms. The van der Waals surface area contributed by atoms with Gasteiger partial charge in [0, 0.05) is 28.6 Å². The van der Waals surface area contributed by atoms with Gasteiger partial charge in [-0.05, 0) is 74.3 Å². The minimum absolute atomic E-state index is 0.0121. The molecule has 1 aliphatic rings. The van der Waals surface area contributed by atoms with E-state index in [4.69, 9.17) is 11.6 Å². The van der Waals surface area contributed by atoms with Crippen molar-refractivity contribution in [1.82, 2.24) is 4.90 Å². The number of thiophene rings is 1. The number of fused-ring (bicyclic) bond motifs is 1. The molecule has 0 aliphatic heterocycles. The monoisotopic (exact) mass is 446 g/mol. The Morgan fingerprint density at radius 2 is 1.80 bits per heavy atom. The van der Waals surface area contributed by atoms with Gasteiger partial charge < -0.3 is 10.2 Å². The number of benzene rings is 1. The molecule has 0 saturated heterocycles. The van der Waals surface area contributed by atoms with Crippen LogP contribution in [-0.2, 0) is 12.8 Å². The third kappa shape index (κ3) is 4.73. The van der Waals surface area contributed by atoms with Crippen molar-refractivity contribution in [3.63, 3.8) is 0 Å². The summed E-state index contributed by atoms with van der Waals surface area (Å²) in [5.41, 5.74) is 2.56. The molecule has 0 spiro atoms. The highest BCUT2D eigenvalue weighted by atomic mass is 35.5. The summed E-state index contributed by atoms with van der Waals surface area (Å²) in [5.74, 6) is 0.365. The van der Waals surface area contributed by atoms with E-state index in [1.165, 1.54) is 4.88 Å². The summed E-state index contributed by atoms with van der Waals surface area (Å²) in [6.45, 7) is 12.1. The Morgan fingerprint density at radius 1 is 1.17 bits per heavy atom. The number of nitrogens with one attached hydrogen (secondary N) is 1. The first-order valence-corrected chi connectivity index (χ1v) is 11.9. The van der Waals surface area contributed by atoms with Crippen LogP contribution in [0.25, 0.3) is 0 Å². The van der Waals surface area contributed by atoms with E-state index in [0.717, 1.165) is 24.8 Å². The van der Waals surface area contributed by atoms with Crippen LogP contribution in [0.3, 0.4) is 0 Å². The maximum absolute atomic E-state index is 13.4. The zero-order chi connectivity index (χ0) is 22.1. The highest BCUT2D eigenvalue weighted by molar-refractivity contribution is 7.17. The number of hydrogen-bond donors (Lipinski definition) is 1. The van der Waals surface area contributed by atoms with Gasteiger partial charge >= 0.3 is 0 Å². The number of carbonyl (C=O) groups is 2. The van der Waals surface area contributed by atoms with Crippen LogP contribution in [0.15, 0.2) is 24.3 Å². The quantitative estimate of drug-likeness (QED) is 0.586. The number of nitrogens with zero attached hydrogens (tertiary/aromatic N) is 1. The van der Waals surface area contributed by atoms with E-state index in [1.54, 1.807) is 35.6 Å². The Bertz CT molecular complexity index is 924. The van der Waals surface area contributed by atoms with Crippen LogP contribution in [0.2, 0.25) is 5.02 Å². The molecular weight excluding hydrogens is 416 g/mol. The molecule has 1 N–H and O–H groups in total. The summed E-state index contributed by atoms with van der Waals surface area (Å²) in [4.78, 5) is 29.3.